The van der Waals surface area contributed by atoms with Gasteiger partial charge in [-0.15, -0.1) is 0 Å². The van der Waals surface area contributed by atoms with Gasteiger partial charge in [-0.25, -0.2) is 13.2 Å². The molecule has 0 aromatic heterocycles. The molecule has 0 fully saturated rings. The number of hydrogen-bond donors (Lipinski definition) is 2. The van der Waals surface area contributed by atoms with E-state index in [1.807, 2.05) is 44.2 Å². The van der Waals surface area contributed by atoms with E-state index in [1.54, 1.807) is 32.9 Å². The van der Waals surface area contributed by atoms with Crippen molar-refractivity contribution in [3.63, 3.8) is 0 Å². The summed E-state index contributed by atoms with van der Waals surface area (Å²) in [7, 11) is -2.56. The molecule has 2 aromatic carbocycles. The van der Waals surface area contributed by atoms with Crippen LogP contribution in [-0.2, 0) is 21.2 Å². The number of hydrogen-bond acceptors (Lipinski definition) is 7. The van der Waals surface area contributed by atoms with Crippen molar-refractivity contribution >= 4 is 16.1 Å². The van der Waals surface area contributed by atoms with E-state index in [2.05, 4.69) is 11.4 Å². The van der Waals surface area contributed by atoms with Crippen molar-refractivity contribution in [2.45, 2.75) is 76.5 Å². The molecule has 0 spiro atoms. The lowest BCUT2D eigenvalue weighted by Gasteiger charge is -2.35. The predicted molar refractivity (Wildman–Crippen MR) is 150 cm³/mol. The summed E-state index contributed by atoms with van der Waals surface area (Å²) in [5.41, 5.74) is -0.444. The van der Waals surface area contributed by atoms with Gasteiger partial charge in [0.25, 0.3) is 0 Å². The average molecular weight is 560 g/mol. The Bertz CT molecular complexity index is 1200. The third-order valence-electron chi connectivity index (χ3n) is 6.07. The molecule has 0 aliphatic heterocycles. The number of alkyl carbamates (subject to hydrolysis) is 1. The van der Waals surface area contributed by atoms with E-state index in [-0.39, 0.29) is 30.8 Å². The molecule has 0 saturated heterocycles. The second-order valence-electron chi connectivity index (χ2n) is 11.3. The second kappa shape index (κ2) is 13.8. The summed E-state index contributed by atoms with van der Waals surface area (Å²) in [6.07, 6.45) is -0.977. The van der Waals surface area contributed by atoms with Crippen LogP contribution in [-0.4, -0.2) is 61.9 Å². The molecular weight excluding hydrogens is 518 g/mol. The first-order chi connectivity index (χ1) is 18.2. The highest BCUT2D eigenvalue weighted by atomic mass is 32.2. The van der Waals surface area contributed by atoms with Gasteiger partial charge in [0.15, 0.2) is 0 Å². The summed E-state index contributed by atoms with van der Waals surface area (Å²) >= 11 is 0. The fourth-order valence-electron chi connectivity index (χ4n) is 4.04. The molecule has 214 valence electrons. The number of rotatable bonds is 13. The summed E-state index contributed by atoms with van der Waals surface area (Å²) in [6, 6.07) is 16.6. The number of sulfonamides is 1. The lowest BCUT2D eigenvalue weighted by atomic mass is 9.88. The molecule has 0 aliphatic carbocycles. The Morgan fingerprint density at radius 2 is 1.69 bits per heavy atom. The number of benzene rings is 2. The molecule has 2 N–H and O–H groups in total. The molecule has 10 heteroatoms. The molecule has 0 heterocycles. The maximum atomic E-state index is 13.8. The number of ether oxygens (including phenoxy) is 2. The molecule has 0 unspecified atom stereocenters. The normalized spacial score (nSPS) is 13.8. The Balaban J connectivity index is 2.41. The number of carbonyl (C=O) groups excluding carboxylic acids is 1. The van der Waals surface area contributed by atoms with Crippen LogP contribution >= 0.6 is 0 Å². The van der Waals surface area contributed by atoms with Crippen LogP contribution in [0.15, 0.2) is 59.5 Å². The van der Waals surface area contributed by atoms with Gasteiger partial charge in [-0.2, -0.15) is 9.57 Å². The molecule has 2 atom stereocenters. The van der Waals surface area contributed by atoms with Gasteiger partial charge in [0.2, 0.25) is 10.0 Å². The molecule has 0 bridgehead atoms. The second-order valence-corrected chi connectivity index (χ2v) is 13.2. The molecule has 2 aromatic rings. The Morgan fingerprint density at radius 3 is 2.23 bits per heavy atom. The van der Waals surface area contributed by atoms with Crippen molar-refractivity contribution in [3.8, 4) is 11.8 Å². The van der Waals surface area contributed by atoms with Crippen molar-refractivity contribution in [1.29, 1.82) is 5.26 Å². The van der Waals surface area contributed by atoms with E-state index in [1.165, 1.54) is 23.5 Å². The summed E-state index contributed by atoms with van der Waals surface area (Å²) < 4.78 is 39.4. The molecular formula is C29H41N3O6S. The van der Waals surface area contributed by atoms with Gasteiger partial charge >= 0.3 is 6.09 Å². The van der Waals surface area contributed by atoms with Crippen LogP contribution in [0.1, 0.15) is 53.0 Å². The molecule has 1 amide bonds. The third kappa shape index (κ3) is 10.5. The number of carbonyl (C=O) groups is 1. The number of aliphatic hydroxyl groups excluding tert-OH is 1. The number of methoxy groups -OCH3 is 1. The zero-order valence-corrected chi connectivity index (χ0v) is 24.5. The quantitative estimate of drug-likeness (QED) is 0.369. The van der Waals surface area contributed by atoms with Crippen LogP contribution in [0.4, 0.5) is 4.79 Å². The van der Waals surface area contributed by atoms with E-state index in [4.69, 9.17) is 14.7 Å². The van der Waals surface area contributed by atoms with Crippen LogP contribution in [0, 0.1) is 16.7 Å². The molecule has 0 aliphatic rings. The van der Waals surface area contributed by atoms with Gasteiger partial charge in [0.1, 0.15) is 11.4 Å². The first-order valence-electron chi connectivity index (χ1n) is 12.9. The van der Waals surface area contributed by atoms with Crippen molar-refractivity contribution in [2.24, 2.45) is 5.41 Å². The Hall–Kier alpha value is -3.13. The Morgan fingerprint density at radius 1 is 1.08 bits per heavy atom. The standard InChI is InChI=1S/C29H41N3O6S/c1-28(2,3)38-27(34)31-25(19-22-11-8-7-9-12-22)26(33)20-32(21-29(4,5)17-10-18-30)39(35,36)24-15-13-23(37-6)14-16-24/h7-9,11-16,25-26,33H,10,17,19-21H2,1-6H3,(H,31,34)/t25-,26-/m0/s1. The van der Waals surface area contributed by atoms with Gasteiger partial charge in [-0.05, 0) is 68.9 Å². The molecule has 9 nitrogen and oxygen atoms in total. The summed E-state index contributed by atoms with van der Waals surface area (Å²) in [5, 5.41) is 23.2. The van der Waals surface area contributed by atoms with E-state index in [0.29, 0.717) is 12.2 Å². The highest BCUT2D eigenvalue weighted by Gasteiger charge is 2.35. The fourth-order valence-corrected chi connectivity index (χ4v) is 5.69. The SMILES string of the molecule is COc1ccc(S(=O)(=O)N(C[C@H](O)[C@H](Cc2ccccc2)NC(=O)OC(C)(C)C)CC(C)(C)CCC#N)cc1. The maximum absolute atomic E-state index is 13.8. The zero-order chi connectivity index (χ0) is 29.3. The third-order valence-corrected chi connectivity index (χ3v) is 7.90. The summed E-state index contributed by atoms with van der Waals surface area (Å²) in [6.45, 7) is 8.76. The van der Waals surface area contributed by atoms with E-state index < -0.39 is 39.3 Å². The summed E-state index contributed by atoms with van der Waals surface area (Å²) in [5.74, 6) is 0.513. The minimum atomic E-state index is -4.05. The highest BCUT2D eigenvalue weighted by Crippen LogP contribution is 2.28. The minimum Gasteiger partial charge on any atom is -0.497 e. The van der Waals surface area contributed by atoms with Crippen LogP contribution in [0.25, 0.3) is 0 Å². The molecule has 0 saturated carbocycles. The van der Waals surface area contributed by atoms with Crippen LogP contribution < -0.4 is 10.1 Å². The minimum absolute atomic E-state index is 0.0475. The van der Waals surface area contributed by atoms with Crippen LogP contribution in [0.3, 0.4) is 0 Å². The summed E-state index contributed by atoms with van der Waals surface area (Å²) in [4.78, 5) is 12.7. The first kappa shape index (κ1) is 32.1. The van der Waals surface area contributed by atoms with Gasteiger partial charge in [0.05, 0.1) is 30.2 Å². The first-order valence-corrected chi connectivity index (χ1v) is 14.3. The number of aliphatic hydroxyl groups is 1. The lowest BCUT2D eigenvalue weighted by molar-refractivity contribution is 0.0392. The number of nitrogens with zero attached hydrogens (tertiary/aromatic N) is 2. The fraction of sp³-hybridized carbons (Fsp3) is 0.517. The lowest BCUT2D eigenvalue weighted by Crippen LogP contribution is -2.52. The molecule has 0 radical (unpaired) electrons. The number of nitrogens with one attached hydrogen (secondary N) is 1. The van der Waals surface area contributed by atoms with Crippen molar-refractivity contribution in [1.82, 2.24) is 9.62 Å². The van der Waals surface area contributed by atoms with Crippen LogP contribution in [0.5, 0.6) is 5.75 Å². The number of amides is 1. The Kier molecular flexibility index (Phi) is 11.3. The number of nitriles is 1. The zero-order valence-electron chi connectivity index (χ0n) is 23.7. The monoisotopic (exact) mass is 559 g/mol. The van der Waals surface area contributed by atoms with Crippen molar-refractivity contribution in [3.05, 3.63) is 60.2 Å². The van der Waals surface area contributed by atoms with Crippen molar-refractivity contribution < 1.29 is 27.8 Å². The highest BCUT2D eigenvalue weighted by molar-refractivity contribution is 7.89. The van der Waals surface area contributed by atoms with E-state index in [0.717, 1.165) is 5.56 Å². The molecule has 39 heavy (non-hydrogen) atoms. The van der Waals surface area contributed by atoms with Gasteiger partial charge in [0, 0.05) is 19.5 Å². The smallest absolute Gasteiger partial charge is 0.407 e. The van der Waals surface area contributed by atoms with Crippen LogP contribution in [0.2, 0.25) is 0 Å². The van der Waals surface area contributed by atoms with Gasteiger partial charge < -0.3 is 19.9 Å². The van der Waals surface area contributed by atoms with Gasteiger partial charge in [-0.3, -0.25) is 0 Å². The maximum Gasteiger partial charge on any atom is 0.407 e. The average Bonchev–Trinajstić information content (AvgIpc) is 2.86. The Labute approximate surface area is 232 Å². The predicted octanol–water partition coefficient (Wildman–Crippen LogP) is 4.51. The largest absolute Gasteiger partial charge is 0.497 e. The topological polar surface area (TPSA) is 129 Å². The van der Waals surface area contributed by atoms with E-state index >= 15 is 0 Å². The van der Waals surface area contributed by atoms with Gasteiger partial charge in [-0.1, -0.05) is 44.2 Å². The van der Waals surface area contributed by atoms with Crippen molar-refractivity contribution in [2.75, 3.05) is 20.2 Å². The molecule has 2 rings (SSSR count). The van der Waals surface area contributed by atoms with E-state index in [9.17, 15) is 18.3 Å².